The lowest BCUT2D eigenvalue weighted by Crippen LogP contribution is -2.15. The zero-order valence-corrected chi connectivity index (χ0v) is 11.2. The predicted molar refractivity (Wildman–Crippen MR) is 73.4 cm³/mol. The van der Waals surface area contributed by atoms with Gasteiger partial charge in [-0.3, -0.25) is 0 Å². The van der Waals surface area contributed by atoms with E-state index in [2.05, 4.69) is 20.9 Å². The summed E-state index contributed by atoms with van der Waals surface area (Å²) < 4.78 is 13.7. The second-order valence-electron chi connectivity index (χ2n) is 4.02. The molecule has 0 fully saturated rings. The number of nitrogens with two attached hydrogens (primary N) is 2. The molecule has 1 unspecified atom stereocenters. The molecule has 5 heteroatoms. The number of aromatic nitrogens is 1. The number of anilines is 1. The molecule has 1 aromatic carbocycles. The molecule has 2 rings (SSSR count). The van der Waals surface area contributed by atoms with Crippen LogP contribution in [-0.2, 0) is 6.42 Å². The highest BCUT2D eigenvalue weighted by Gasteiger charge is 2.13. The quantitative estimate of drug-likeness (QED) is 0.916. The highest BCUT2D eigenvalue weighted by Crippen LogP contribution is 2.26. The fourth-order valence-corrected chi connectivity index (χ4v) is 2.42. The summed E-state index contributed by atoms with van der Waals surface area (Å²) >= 11 is 3.31. The summed E-state index contributed by atoms with van der Waals surface area (Å²) in [5.74, 6) is 0.185. The fraction of sp³-hybridized carbons (Fsp3) is 0.154. The lowest BCUT2D eigenvalue weighted by Gasteiger charge is -2.14. The number of hydrogen-bond acceptors (Lipinski definition) is 3. The Kier molecular flexibility index (Phi) is 3.93. The van der Waals surface area contributed by atoms with E-state index < -0.39 is 0 Å². The molecule has 0 bridgehead atoms. The molecule has 0 aliphatic rings. The molecule has 0 aliphatic carbocycles. The standard InChI is InChI=1S/C13H13BrFN3/c14-11-7-9(15)3-4-10(11)12(16)6-8-2-1-5-18-13(8)17/h1-5,7,12H,6,16H2,(H2,17,18). The van der Waals surface area contributed by atoms with Gasteiger partial charge in [0.1, 0.15) is 11.6 Å². The molecule has 0 radical (unpaired) electrons. The van der Waals surface area contributed by atoms with E-state index >= 15 is 0 Å². The second-order valence-corrected chi connectivity index (χ2v) is 4.88. The van der Waals surface area contributed by atoms with Crippen LogP contribution < -0.4 is 11.5 Å². The Morgan fingerprint density at radius 1 is 1.33 bits per heavy atom. The summed E-state index contributed by atoms with van der Waals surface area (Å²) in [5, 5.41) is 0. The summed E-state index contributed by atoms with van der Waals surface area (Å²) in [6.07, 6.45) is 2.20. The summed E-state index contributed by atoms with van der Waals surface area (Å²) in [6, 6.07) is 7.93. The number of nitrogens with zero attached hydrogens (tertiary/aromatic N) is 1. The van der Waals surface area contributed by atoms with Crippen LogP contribution in [-0.4, -0.2) is 4.98 Å². The Morgan fingerprint density at radius 2 is 2.11 bits per heavy atom. The van der Waals surface area contributed by atoms with Gasteiger partial charge in [-0.15, -0.1) is 0 Å². The van der Waals surface area contributed by atoms with Gasteiger partial charge in [0.25, 0.3) is 0 Å². The van der Waals surface area contributed by atoms with Crippen molar-refractivity contribution in [3.8, 4) is 0 Å². The monoisotopic (exact) mass is 309 g/mol. The lowest BCUT2D eigenvalue weighted by atomic mass is 10.00. The van der Waals surface area contributed by atoms with Crippen LogP contribution in [0, 0.1) is 5.82 Å². The van der Waals surface area contributed by atoms with Crippen LogP contribution in [0.1, 0.15) is 17.2 Å². The molecular weight excluding hydrogens is 297 g/mol. The minimum Gasteiger partial charge on any atom is -0.383 e. The molecule has 1 aromatic heterocycles. The van der Waals surface area contributed by atoms with Crippen LogP contribution in [0.3, 0.4) is 0 Å². The predicted octanol–water partition coefficient (Wildman–Crippen LogP) is 2.81. The maximum Gasteiger partial charge on any atom is 0.126 e. The summed E-state index contributed by atoms with van der Waals surface area (Å²) in [6.45, 7) is 0. The Labute approximate surface area is 113 Å². The first-order valence-corrected chi connectivity index (χ1v) is 6.27. The molecule has 1 heterocycles. The van der Waals surface area contributed by atoms with Gasteiger partial charge in [-0.05, 0) is 35.7 Å². The molecular formula is C13H13BrFN3. The van der Waals surface area contributed by atoms with Crippen molar-refractivity contribution in [2.75, 3.05) is 5.73 Å². The molecule has 0 amide bonds. The van der Waals surface area contributed by atoms with E-state index in [0.29, 0.717) is 16.7 Å². The number of hydrogen-bond donors (Lipinski definition) is 2. The van der Waals surface area contributed by atoms with Crippen molar-refractivity contribution in [1.82, 2.24) is 4.98 Å². The largest absolute Gasteiger partial charge is 0.383 e. The average Bonchev–Trinajstić information content (AvgIpc) is 2.32. The van der Waals surface area contributed by atoms with Gasteiger partial charge in [-0.2, -0.15) is 0 Å². The van der Waals surface area contributed by atoms with Crippen LogP contribution in [0.2, 0.25) is 0 Å². The maximum atomic E-state index is 13.0. The van der Waals surface area contributed by atoms with E-state index in [0.717, 1.165) is 11.1 Å². The smallest absolute Gasteiger partial charge is 0.126 e. The number of pyridine rings is 1. The molecule has 18 heavy (non-hydrogen) atoms. The van der Waals surface area contributed by atoms with E-state index in [1.165, 1.54) is 12.1 Å². The van der Waals surface area contributed by atoms with Crippen LogP contribution in [0.5, 0.6) is 0 Å². The molecule has 0 aliphatic heterocycles. The van der Waals surface area contributed by atoms with E-state index in [1.807, 2.05) is 12.1 Å². The van der Waals surface area contributed by atoms with Gasteiger partial charge in [0, 0.05) is 16.7 Å². The van der Waals surface area contributed by atoms with Gasteiger partial charge in [0.15, 0.2) is 0 Å². The number of halogens is 2. The van der Waals surface area contributed by atoms with Gasteiger partial charge >= 0.3 is 0 Å². The zero-order valence-electron chi connectivity index (χ0n) is 9.61. The molecule has 0 saturated heterocycles. The molecule has 3 nitrogen and oxygen atoms in total. The SMILES string of the molecule is Nc1ncccc1CC(N)c1ccc(F)cc1Br. The van der Waals surface area contributed by atoms with Crippen molar-refractivity contribution < 1.29 is 4.39 Å². The topological polar surface area (TPSA) is 64.9 Å². The van der Waals surface area contributed by atoms with Crippen molar-refractivity contribution in [2.24, 2.45) is 5.73 Å². The number of benzene rings is 1. The third-order valence-electron chi connectivity index (χ3n) is 2.73. The van der Waals surface area contributed by atoms with Crippen LogP contribution in [0.15, 0.2) is 41.0 Å². The van der Waals surface area contributed by atoms with Crippen LogP contribution in [0.4, 0.5) is 10.2 Å². The second kappa shape index (κ2) is 5.46. The Bertz CT molecular complexity index is 560. The fourth-order valence-electron chi connectivity index (χ4n) is 1.77. The van der Waals surface area contributed by atoms with Crippen LogP contribution in [0.25, 0.3) is 0 Å². The first-order chi connectivity index (χ1) is 8.58. The molecule has 94 valence electrons. The average molecular weight is 310 g/mol. The van der Waals surface area contributed by atoms with E-state index in [1.54, 1.807) is 12.3 Å². The summed E-state index contributed by atoms with van der Waals surface area (Å²) in [5.41, 5.74) is 13.6. The highest BCUT2D eigenvalue weighted by molar-refractivity contribution is 9.10. The van der Waals surface area contributed by atoms with Gasteiger partial charge < -0.3 is 11.5 Å². The third-order valence-corrected chi connectivity index (χ3v) is 3.41. The number of rotatable bonds is 3. The Morgan fingerprint density at radius 3 is 2.78 bits per heavy atom. The van der Waals surface area contributed by atoms with Gasteiger partial charge in [0.05, 0.1) is 0 Å². The number of nitrogen functional groups attached to an aromatic ring is 1. The van der Waals surface area contributed by atoms with Crippen molar-refractivity contribution in [3.63, 3.8) is 0 Å². The van der Waals surface area contributed by atoms with Crippen molar-refractivity contribution >= 4 is 21.7 Å². The van der Waals surface area contributed by atoms with Crippen molar-refractivity contribution in [2.45, 2.75) is 12.5 Å². The molecule has 0 spiro atoms. The minimum atomic E-state index is -0.293. The maximum absolute atomic E-state index is 13.0. The minimum absolute atomic E-state index is 0.258. The highest BCUT2D eigenvalue weighted by atomic mass is 79.9. The van der Waals surface area contributed by atoms with E-state index in [4.69, 9.17) is 11.5 Å². The molecule has 4 N–H and O–H groups in total. The molecule has 1 atom stereocenters. The van der Waals surface area contributed by atoms with Gasteiger partial charge in [-0.25, -0.2) is 9.37 Å². The third kappa shape index (κ3) is 2.86. The zero-order chi connectivity index (χ0) is 13.1. The normalized spacial score (nSPS) is 12.4. The summed E-state index contributed by atoms with van der Waals surface area (Å²) in [4.78, 5) is 4.01. The molecule has 0 saturated carbocycles. The van der Waals surface area contributed by atoms with E-state index in [9.17, 15) is 4.39 Å². The van der Waals surface area contributed by atoms with Crippen molar-refractivity contribution in [1.29, 1.82) is 0 Å². The van der Waals surface area contributed by atoms with Gasteiger partial charge in [0.2, 0.25) is 0 Å². The van der Waals surface area contributed by atoms with Crippen molar-refractivity contribution in [3.05, 3.63) is 57.9 Å². The Balaban J connectivity index is 2.22. The lowest BCUT2D eigenvalue weighted by molar-refractivity contribution is 0.623. The first kappa shape index (κ1) is 13.0. The van der Waals surface area contributed by atoms with E-state index in [-0.39, 0.29) is 11.9 Å². The van der Waals surface area contributed by atoms with Crippen LogP contribution >= 0.6 is 15.9 Å². The summed E-state index contributed by atoms with van der Waals surface area (Å²) in [7, 11) is 0. The Hall–Kier alpha value is -1.46. The van der Waals surface area contributed by atoms with Gasteiger partial charge in [-0.1, -0.05) is 28.1 Å². The molecule has 2 aromatic rings. The first-order valence-electron chi connectivity index (χ1n) is 5.48.